The molecule has 1 aliphatic heterocycles. The molecule has 5 heteroatoms. The fraction of sp³-hybridized carbons (Fsp3) is 0.455. The van der Waals surface area contributed by atoms with Gasteiger partial charge in [-0.3, -0.25) is 9.59 Å². The first kappa shape index (κ1) is 18.2. The summed E-state index contributed by atoms with van der Waals surface area (Å²) >= 11 is 1.68. The standard InChI is InChI=1S/C22H26N2O2S/c23-21(26)22(10-11-24(15-22)20(25)18-3-1-2-4-18)13-16-5-7-17(8-6-16)19-9-12-27-14-19/h5-9,12,14,18H,1-4,10-11,13,15H2,(H2,23,26)/t22-/m0/s1. The Balaban J connectivity index is 1.48. The zero-order valence-corrected chi connectivity index (χ0v) is 16.3. The molecular formula is C22H26N2O2S. The molecule has 2 heterocycles. The highest BCUT2D eigenvalue weighted by molar-refractivity contribution is 7.08. The minimum atomic E-state index is -0.641. The summed E-state index contributed by atoms with van der Waals surface area (Å²) in [7, 11) is 0. The van der Waals surface area contributed by atoms with Crippen molar-refractivity contribution in [3.05, 3.63) is 46.7 Å². The lowest BCUT2D eigenvalue weighted by molar-refractivity contribution is -0.135. The highest BCUT2D eigenvalue weighted by Gasteiger charge is 2.45. The van der Waals surface area contributed by atoms with E-state index in [0.29, 0.717) is 25.9 Å². The van der Waals surface area contributed by atoms with Crippen LogP contribution in [0.3, 0.4) is 0 Å². The van der Waals surface area contributed by atoms with Crippen LogP contribution in [-0.2, 0) is 16.0 Å². The highest BCUT2D eigenvalue weighted by atomic mass is 32.1. The molecule has 0 spiro atoms. The molecule has 4 rings (SSSR count). The van der Waals surface area contributed by atoms with Crippen molar-refractivity contribution in [3.63, 3.8) is 0 Å². The van der Waals surface area contributed by atoms with E-state index in [4.69, 9.17) is 5.73 Å². The van der Waals surface area contributed by atoms with Crippen LogP contribution in [0.4, 0.5) is 0 Å². The van der Waals surface area contributed by atoms with Crippen molar-refractivity contribution in [3.8, 4) is 11.1 Å². The molecule has 2 N–H and O–H groups in total. The Hall–Kier alpha value is -2.14. The van der Waals surface area contributed by atoms with E-state index in [-0.39, 0.29) is 17.7 Å². The average molecular weight is 383 g/mol. The molecule has 0 unspecified atom stereocenters. The molecule has 142 valence electrons. The number of thiophene rings is 1. The van der Waals surface area contributed by atoms with Gasteiger partial charge in [-0.2, -0.15) is 11.3 Å². The summed E-state index contributed by atoms with van der Waals surface area (Å²) in [5.74, 6) is 0.0909. The molecule has 2 amide bonds. The second-order valence-corrected chi connectivity index (χ2v) is 8.80. The topological polar surface area (TPSA) is 63.4 Å². The fourth-order valence-electron chi connectivity index (χ4n) is 4.56. The van der Waals surface area contributed by atoms with Gasteiger partial charge < -0.3 is 10.6 Å². The molecule has 4 nitrogen and oxygen atoms in total. The average Bonchev–Trinajstić information content (AvgIpc) is 3.43. The lowest BCUT2D eigenvalue weighted by atomic mass is 9.80. The van der Waals surface area contributed by atoms with E-state index in [1.165, 1.54) is 11.1 Å². The van der Waals surface area contributed by atoms with Gasteiger partial charge >= 0.3 is 0 Å². The number of hydrogen-bond acceptors (Lipinski definition) is 3. The van der Waals surface area contributed by atoms with Crippen molar-refractivity contribution in [2.75, 3.05) is 13.1 Å². The van der Waals surface area contributed by atoms with Crippen LogP contribution < -0.4 is 5.73 Å². The molecule has 1 aromatic carbocycles. The van der Waals surface area contributed by atoms with E-state index in [0.717, 1.165) is 31.2 Å². The summed E-state index contributed by atoms with van der Waals surface area (Å²) in [5, 5.41) is 4.20. The number of hydrogen-bond donors (Lipinski definition) is 1. The van der Waals surface area contributed by atoms with Gasteiger partial charge in [-0.25, -0.2) is 0 Å². The van der Waals surface area contributed by atoms with Gasteiger partial charge in [0.15, 0.2) is 0 Å². The molecule has 1 saturated carbocycles. The zero-order chi connectivity index (χ0) is 18.9. The zero-order valence-electron chi connectivity index (χ0n) is 15.5. The maximum atomic E-state index is 12.8. The number of rotatable bonds is 5. The number of primary amides is 1. The first-order valence-corrected chi connectivity index (χ1v) is 10.7. The number of carbonyl (C=O) groups is 2. The van der Waals surface area contributed by atoms with Gasteiger partial charge in [-0.05, 0) is 59.2 Å². The third-order valence-electron chi connectivity index (χ3n) is 6.24. The number of amides is 2. The third kappa shape index (κ3) is 3.65. The lowest BCUT2D eigenvalue weighted by Crippen LogP contribution is -2.43. The Morgan fingerprint density at radius 3 is 2.48 bits per heavy atom. The molecule has 2 aliphatic rings. The normalized spacial score (nSPS) is 23.0. The fourth-order valence-corrected chi connectivity index (χ4v) is 5.22. The number of nitrogens with two attached hydrogens (primary N) is 1. The first-order valence-electron chi connectivity index (χ1n) is 9.78. The number of likely N-dealkylation sites (tertiary alicyclic amines) is 1. The molecular weight excluding hydrogens is 356 g/mol. The summed E-state index contributed by atoms with van der Waals surface area (Å²) in [6.07, 6.45) is 5.52. The predicted octanol–water partition coefficient (Wildman–Crippen LogP) is 3.85. The Morgan fingerprint density at radius 1 is 1.11 bits per heavy atom. The SMILES string of the molecule is NC(=O)[C@]1(Cc2ccc(-c3ccsc3)cc2)CCN(C(=O)C2CCCC2)C1. The summed E-state index contributed by atoms with van der Waals surface area (Å²) in [4.78, 5) is 27.0. The quantitative estimate of drug-likeness (QED) is 0.854. The van der Waals surface area contributed by atoms with E-state index in [9.17, 15) is 9.59 Å². The minimum absolute atomic E-state index is 0.151. The van der Waals surface area contributed by atoms with E-state index in [1.807, 2.05) is 4.90 Å². The lowest BCUT2D eigenvalue weighted by Gasteiger charge is -2.27. The molecule has 1 saturated heterocycles. The minimum Gasteiger partial charge on any atom is -0.369 e. The second kappa shape index (κ2) is 7.47. The van der Waals surface area contributed by atoms with Gasteiger partial charge in [0.1, 0.15) is 0 Å². The van der Waals surface area contributed by atoms with E-state index in [1.54, 1.807) is 11.3 Å². The number of carbonyl (C=O) groups excluding carboxylic acids is 2. The second-order valence-electron chi connectivity index (χ2n) is 8.02. The van der Waals surface area contributed by atoms with Gasteiger partial charge in [0.25, 0.3) is 0 Å². The maximum absolute atomic E-state index is 12.8. The van der Waals surface area contributed by atoms with Crippen molar-refractivity contribution < 1.29 is 9.59 Å². The molecule has 0 bridgehead atoms. The Morgan fingerprint density at radius 2 is 1.85 bits per heavy atom. The van der Waals surface area contributed by atoms with Gasteiger partial charge in [0.2, 0.25) is 11.8 Å². The van der Waals surface area contributed by atoms with Crippen LogP contribution in [0.15, 0.2) is 41.1 Å². The highest BCUT2D eigenvalue weighted by Crippen LogP contribution is 2.37. The smallest absolute Gasteiger partial charge is 0.225 e. The van der Waals surface area contributed by atoms with Gasteiger partial charge in [-0.15, -0.1) is 0 Å². The molecule has 2 aromatic rings. The summed E-state index contributed by atoms with van der Waals surface area (Å²) in [5.41, 5.74) is 8.68. The largest absolute Gasteiger partial charge is 0.369 e. The molecule has 2 fully saturated rings. The van der Waals surface area contributed by atoms with Crippen molar-refractivity contribution >= 4 is 23.2 Å². The predicted molar refractivity (Wildman–Crippen MR) is 108 cm³/mol. The van der Waals surface area contributed by atoms with Crippen LogP contribution in [0.25, 0.3) is 11.1 Å². The van der Waals surface area contributed by atoms with Crippen molar-refractivity contribution in [2.24, 2.45) is 17.1 Å². The van der Waals surface area contributed by atoms with Crippen molar-refractivity contribution in [1.82, 2.24) is 4.90 Å². The molecule has 27 heavy (non-hydrogen) atoms. The molecule has 1 aromatic heterocycles. The summed E-state index contributed by atoms with van der Waals surface area (Å²) in [6, 6.07) is 10.5. The Kier molecular flexibility index (Phi) is 5.04. The van der Waals surface area contributed by atoms with Crippen LogP contribution in [0.5, 0.6) is 0 Å². The van der Waals surface area contributed by atoms with Gasteiger partial charge in [0.05, 0.1) is 5.41 Å². The van der Waals surface area contributed by atoms with Gasteiger partial charge in [-0.1, -0.05) is 37.1 Å². The maximum Gasteiger partial charge on any atom is 0.225 e. The Labute approximate surface area is 164 Å². The van der Waals surface area contributed by atoms with E-state index in [2.05, 4.69) is 41.1 Å². The number of benzene rings is 1. The van der Waals surface area contributed by atoms with Crippen LogP contribution in [0.1, 0.15) is 37.7 Å². The monoisotopic (exact) mass is 382 g/mol. The van der Waals surface area contributed by atoms with Crippen LogP contribution in [0, 0.1) is 11.3 Å². The third-order valence-corrected chi connectivity index (χ3v) is 6.93. The molecule has 1 aliphatic carbocycles. The molecule has 0 radical (unpaired) electrons. The molecule has 1 atom stereocenters. The summed E-state index contributed by atoms with van der Waals surface area (Å²) in [6.45, 7) is 1.11. The van der Waals surface area contributed by atoms with E-state index < -0.39 is 5.41 Å². The Bertz CT molecular complexity index is 809. The van der Waals surface area contributed by atoms with Crippen LogP contribution >= 0.6 is 11.3 Å². The van der Waals surface area contributed by atoms with Crippen LogP contribution in [-0.4, -0.2) is 29.8 Å². The number of nitrogens with zero attached hydrogens (tertiary/aromatic N) is 1. The van der Waals surface area contributed by atoms with E-state index >= 15 is 0 Å². The van der Waals surface area contributed by atoms with Crippen molar-refractivity contribution in [2.45, 2.75) is 38.5 Å². The van der Waals surface area contributed by atoms with Crippen molar-refractivity contribution in [1.29, 1.82) is 0 Å². The van der Waals surface area contributed by atoms with Crippen LogP contribution in [0.2, 0.25) is 0 Å². The van der Waals surface area contributed by atoms with Gasteiger partial charge in [0, 0.05) is 19.0 Å². The summed E-state index contributed by atoms with van der Waals surface area (Å²) < 4.78 is 0. The first-order chi connectivity index (χ1) is 13.1.